The third-order valence-corrected chi connectivity index (χ3v) is 16.3. The van der Waals surface area contributed by atoms with Gasteiger partial charge < -0.3 is 15.3 Å². The van der Waals surface area contributed by atoms with Crippen LogP contribution in [0.1, 0.15) is 89.8 Å². The summed E-state index contributed by atoms with van der Waals surface area (Å²) in [6.07, 6.45) is 5.53. The maximum atomic E-state index is 12.4. The Morgan fingerprint density at radius 3 is 1.04 bits per heavy atom. The topological polar surface area (TPSA) is 250 Å². The maximum absolute atomic E-state index is 12.4. The van der Waals surface area contributed by atoms with Crippen molar-refractivity contribution in [1.29, 1.82) is 0 Å². The van der Waals surface area contributed by atoms with E-state index in [-0.39, 0.29) is 33.1 Å². The number of benzene rings is 8. The van der Waals surface area contributed by atoms with E-state index in [1.807, 2.05) is 85.8 Å². The van der Waals surface area contributed by atoms with Gasteiger partial charge in [-0.2, -0.15) is 0 Å². The average Bonchev–Trinajstić information content (AvgIpc) is 3.44. The van der Waals surface area contributed by atoms with Crippen molar-refractivity contribution in [3.05, 3.63) is 262 Å². The first-order valence-corrected chi connectivity index (χ1v) is 30.4. The van der Waals surface area contributed by atoms with E-state index < -0.39 is 48.0 Å². The molecule has 0 bridgehead atoms. The van der Waals surface area contributed by atoms with Gasteiger partial charge in [-0.05, 0) is 169 Å². The maximum Gasteiger partial charge on any atom is 0.335 e. The Morgan fingerprint density at radius 1 is 0.362 bits per heavy atom. The largest absolute Gasteiger partial charge is 0.478 e. The zero-order chi connectivity index (χ0) is 57.5. The summed E-state index contributed by atoms with van der Waals surface area (Å²) in [5, 5.41) is 27.2. The fraction of sp³-hybridized carbons (Fsp3) is 0.177. The number of unbranched alkanes of at least 4 members (excludes halogenated alkanes) is 1. The molecular formula is C62H63N3O12S3. The number of rotatable bonds is 24. The van der Waals surface area contributed by atoms with Crippen LogP contribution in [0.2, 0.25) is 0 Å². The van der Waals surface area contributed by atoms with Gasteiger partial charge in [0, 0.05) is 17.1 Å². The van der Waals surface area contributed by atoms with Crippen molar-refractivity contribution < 1.29 is 55.0 Å². The number of carbonyl (C=O) groups is 3. The second kappa shape index (κ2) is 29.4. The first-order chi connectivity index (χ1) is 38.2. The van der Waals surface area contributed by atoms with E-state index in [0.717, 1.165) is 45.4 Å². The number of hydrogen-bond donors (Lipinski definition) is 6. The Labute approximate surface area is 468 Å². The molecule has 0 amide bonds. The molecule has 0 heterocycles. The molecular weight excluding hydrogens is 1070 g/mol. The third kappa shape index (κ3) is 20.7. The molecule has 8 rings (SSSR count). The van der Waals surface area contributed by atoms with Gasteiger partial charge in [0.1, 0.15) is 0 Å². The Hall–Kier alpha value is -8.58. The van der Waals surface area contributed by atoms with Crippen molar-refractivity contribution in [3.8, 4) is 0 Å². The Morgan fingerprint density at radius 2 is 0.675 bits per heavy atom. The van der Waals surface area contributed by atoms with Crippen molar-refractivity contribution >= 4 is 65.0 Å². The molecule has 0 saturated carbocycles. The molecule has 0 saturated heterocycles. The summed E-state index contributed by atoms with van der Waals surface area (Å²) >= 11 is 0. The molecule has 8 aromatic carbocycles. The molecule has 0 aliphatic rings. The SMILES string of the molecule is CCCCS(=O)(=O)Nc1cccc(CCc2cccc(C(=O)O)c2)c1.O=C(O)c1cccc(CCc2cccc(NS(=O)(=O)Cc3ccccc3)c2)c1.O=C(O)c1cccc(CCc2cccc(NS(=O)(=O)c3ccccc3)c2)c1. The lowest BCUT2D eigenvalue weighted by Crippen LogP contribution is -2.16. The van der Waals surface area contributed by atoms with Crippen LogP contribution in [0.4, 0.5) is 17.1 Å². The van der Waals surface area contributed by atoms with Crippen molar-refractivity contribution in [1.82, 2.24) is 0 Å². The standard InChI is InChI=1S/C22H21NO4S.C21H19NO4S.C19H23NO4S/c24-22(25)20-10-4-8-17(14-20)12-13-18-9-5-11-21(15-18)23-28(26,27)16-19-6-2-1-3-7-19;23-21(24)18-8-4-6-16(14-18)12-13-17-7-5-9-19(15-17)22-27(25,26)20-10-2-1-3-11-20;1-2-3-12-25(23,24)20-18-9-5-7-16(14-18)11-10-15-6-4-8-17(13-15)19(21)22/h1-11,14-15,23H,12-13,16H2,(H,24,25);1-11,14-15,22H,12-13H2,(H,23,24);4-9,13-14,20H,2-3,10-12H2,1H3,(H,21,22). The van der Waals surface area contributed by atoms with Gasteiger partial charge in [0.15, 0.2) is 0 Å². The van der Waals surface area contributed by atoms with Gasteiger partial charge in [-0.1, -0.05) is 135 Å². The molecule has 0 unspecified atom stereocenters. The van der Waals surface area contributed by atoms with E-state index in [1.165, 1.54) is 0 Å². The first-order valence-electron chi connectivity index (χ1n) is 25.6. The van der Waals surface area contributed by atoms with Crippen LogP contribution in [-0.4, -0.2) is 64.2 Å². The second-order valence-electron chi connectivity index (χ2n) is 18.7. The van der Waals surface area contributed by atoms with Crippen molar-refractivity contribution in [2.45, 2.75) is 68.9 Å². The normalized spacial score (nSPS) is 11.2. The summed E-state index contributed by atoms with van der Waals surface area (Å²) < 4.78 is 81.4. The lowest BCUT2D eigenvalue weighted by atomic mass is 10.0. The number of anilines is 3. The number of hydrogen-bond acceptors (Lipinski definition) is 9. The van der Waals surface area contributed by atoms with E-state index >= 15 is 0 Å². The van der Waals surface area contributed by atoms with Gasteiger partial charge in [-0.15, -0.1) is 0 Å². The lowest BCUT2D eigenvalue weighted by Gasteiger charge is -2.10. The van der Waals surface area contributed by atoms with Crippen LogP contribution in [0.3, 0.4) is 0 Å². The molecule has 15 nitrogen and oxygen atoms in total. The number of carboxylic acid groups (broad SMARTS) is 3. The summed E-state index contributed by atoms with van der Waals surface area (Å²) in [5.41, 5.74) is 8.82. The molecule has 80 heavy (non-hydrogen) atoms. The van der Waals surface area contributed by atoms with Crippen LogP contribution < -0.4 is 14.2 Å². The van der Waals surface area contributed by atoms with E-state index in [2.05, 4.69) is 14.2 Å². The van der Waals surface area contributed by atoms with Crippen LogP contribution in [0.15, 0.2) is 211 Å². The summed E-state index contributed by atoms with van der Waals surface area (Å²) in [4.78, 5) is 33.4. The summed E-state index contributed by atoms with van der Waals surface area (Å²) in [6, 6.07) is 59.5. The molecule has 0 radical (unpaired) electrons. The molecule has 0 fully saturated rings. The number of aryl methyl sites for hydroxylation is 6. The van der Waals surface area contributed by atoms with E-state index in [0.29, 0.717) is 62.0 Å². The zero-order valence-electron chi connectivity index (χ0n) is 43.9. The Kier molecular flexibility index (Phi) is 22.3. The summed E-state index contributed by atoms with van der Waals surface area (Å²) in [5.74, 6) is -2.80. The first kappa shape index (κ1) is 60.6. The minimum Gasteiger partial charge on any atom is -0.478 e. The van der Waals surface area contributed by atoms with Crippen molar-refractivity contribution in [2.24, 2.45) is 0 Å². The number of sulfonamides is 3. The Bertz CT molecular complexity index is 3710. The minimum absolute atomic E-state index is 0.0833. The second-order valence-corrected chi connectivity index (χ2v) is 23.9. The number of carboxylic acids is 3. The van der Waals surface area contributed by atoms with Crippen LogP contribution in [0, 0.1) is 0 Å². The predicted octanol–water partition coefficient (Wildman–Crippen LogP) is 11.8. The monoisotopic (exact) mass is 1140 g/mol. The molecule has 6 N–H and O–H groups in total. The van der Waals surface area contributed by atoms with Gasteiger partial charge in [0.05, 0.1) is 33.1 Å². The molecule has 18 heteroatoms. The average molecular weight is 1140 g/mol. The molecule has 0 aromatic heterocycles. The molecule has 0 aliphatic carbocycles. The third-order valence-electron chi connectivity index (χ3n) is 12.2. The summed E-state index contributed by atoms with van der Waals surface area (Å²) in [6.45, 7) is 1.95. The van der Waals surface area contributed by atoms with Gasteiger partial charge in [-0.3, -0.25) is 14.2 Å². The van der Waals surface area contributed by atoms with Crippen molar-refractivity contribution in [2.75, 3.05) is 19.9 Å². The van der Waals surface area contributed by atoms with E-state index in [1.54, 1.807) is 127 Å². The lowest BCUT2D eigenvalue weighted by molar-refractivity contribution is 0.0686. The quantitative estimate of drug-likeness (QED) is 0.0331. The highest BCUT2D eigenvalue weighted by Gasteiger charge is 2.16. The number of aromatic carboxylic acids is 3. The van der Waals surface area contributed by atoms with Crippen LogP contribution in [-0.2, 0) is 74.3 Å². The van der Waals surface area contributed by atoms with Gasteiger partial charge in [-0.25, -0.2) is 39.6 Å². The highest BCUT2D eigenvalue weighted by Crippen LogP contribution is 2.21. The molecule has 0 aliphatic heterocycles. The molecule has 0 spiro atoms. The smallest absolute Gasteiger partial charge is 0.335 e. The predicted molar refractivity (Wildman–Crippen MR) is 314 cm³/mol. The minimum atomic E-state index is -3.63. The fourth-order valence-electron chi connectivity index (χ4n) is 8.20. The van der Waals surface area contributed by atoms with Gasteiger partial charge in [0.25, 0.3) is 10.0 Å². The van der Waals surface area contributed by atoms with Gasteiger partial charge >= 0.3 is 17.9 Å². The molecule has 416 valence electrons. The van der Waals surface area contributed by atoms with Crippen molar-refractivity contribution in [3.63, 3.8) is 0 Å². The van der Waals surface area contributed by atoms with Crippen LogP contribution in [0.5, 0.6) is 0 Å². The van der Waals surface area contributed by atoms with Crippen LogP contribution >= 0.6 is 0 Å². The number of nitrogens with one attached hydrogen (secondary N) is 3. The highest BCUT2D eigenvalue weighted by molar-refractivity contribution is 7.93. The van der Waals surface area contributed by atoms with E-state index in [9.17, 15) is 39.6 Å². The fourth-order valence-corrected chi connectivity index (χ4v) is 11.7. The Balaban J connectivity index is 0.000000194. The molecule has 0 atom stereocenters. The highest BCUT2D eigenvalue weighted by atomic mass is 32.2. The molecule has 8 aromatic rings. The zero-order valence-corrected chi connectivity index (χ0v) is 46.4. The van der Waals surface area contributed by atoms with E-state index in [4.69, 9.17) is 15.3 Å². The summed E-state index contributed by atoms with van der Waals surface area (Å²) in [7, 11) is -10.4. The van der Waals surface area contributed by atoms with Crippen LogP contribution in [0.25, 0.3) is 0 Å². The van der Waals surface area contributed by atoms with Gasteiger partial charge in [0.2, 0.25) is 20.0 Å².